The van der Waals surface area contributed by atoms with E-state index in [9.17, 15) is 4.80 Å². The van der Waals surface area contributed by atoms with Gasteiger partial charge < -0.3 is 27.5 Å². The van der Waals surface area contributed by atoms with Crippen LogP contribution in [0.3, 0.4) is 0 Å². The van der Waals surface area contributed by atoms with Gasteiger partial charge in [0, 0.05) is 27.4 Å². The Kier molecular flexibility index (Phi) is 6.43. The first-order chi connectivity index (χ1) is 7.70. The van der Waals surface area contributed by atoms with Gasteiger partial charge in [-0.15, -0.1) is 0 Å². The first kappa shape index (κ1) is 14.0. The molecule has 0 aliphatic carbocycles. The fraction of sp³-hybridized carbons (Fsp3) is 1.00. The smallest absolute Gasteiger partial charge is 0.379 e. The Morgan fingerprint density at radius 3 is 2.44 bits per heavy atom. The summed E-state index contributed by atoms with van der Waals surface area (Å²) in [5.74, 6) is 0. The van der Waals surface area contributed by atoms with Gasteiger partial charge in [-0.1, -0.05) is 0 Å². The van der Waals surface area contributed by atoms with Crippen molar-refractivity contribution in [3.63, 3.8) is 0 Å². The Morgan fingerprint density at radius 1 is 1.25 bits per heavy atom. The minimum absolute atomic E-state index is 0.315. The third-order valence-electron chi connectivity index (χ3n) is 2.19. The van der Waals surface area contributed by atoms with Gasteiger partial charge in [0.25, 0.3) is 0 Å². The third kappa shape index (κ3) is 5.90. The van der Waals surface area contributed by atoms with Crippen LogP contribution in [0.2, 0.25) is 0 Å². The molecule has 1 fully saturated rings. The van der Waals surface area contributed by atoms with Gasteiger partial charge in [-0.25, -0.2) is 0 Å². The van der Waals surface area contributed by atoms with Crippen LogP contribution in [-0.4, -0.2) is 60.6 Å². The number of ether oxygens (including phenoxy) is 2. The van der Waals surface area contributed by atoms with E-state index in [0.717, 1.165) is 19.4 Å². The zero-order chi connectivity index (χ0) is 11.9. The van der Waals surface area contributed by atoms with Crippen molar-refractivity contribution in [2.24, 2.45) is 0 Å². The lowest BCUT2D eigenvalue weighted by molar-refractivity contribution is 0.0202. The third-order valence-corrected chi connectivity index (χ3v) is 3.79. The maximum Gasteiger partial charge on any atom is 0.676 e. The van der Waals surface area contributed by atoms with E-state index in [4.69, 9.17) is 22.8 Å². The standard InChI is InChI=1S/C9H20O6Si/c1-11-16(10,12-2)15-6-4-3-5-13-7-9-8-14-9/h9-10H,3-8H2,1-2H3. The Hall–Kier alpha value is -0.0231. The molecule has 1 atom stereocenters. The molecule has 1 saturated heterocycles. The maximum atomic E-state index is 9.54. The van der Waals surface area contributed by atoms with Crippen molar-refractivity contribution < 1.29 is 27.5 Å². The molecule has 1 heterocycles. The minimum atomic E-state index is -3.33. The molecule has 16 heavy (non-hydrogen) atoms. The predicted molar refractivity (Wildman–Crippen MR) is 57.7 cm³/mol. The summed E-state index contributed by atoms with van der Waals surface area (Å²) in [6.07, 6.45) is 1.99. The van der Waals surface area contributed by atoms with Crippen molar-refractivity contribution >= 4 is 9.05 Å². The summed E-state index contributed by atoms with van der Waals surface area (Å²) in [4.78, 5) is 9.54. The number of hydrogen-bond donors (Lipinski definition) is 1. The van der Waals surface area contributed by atoms with Crippen LogP contribution >= 0.6 is 0 Å². The van der Waals surface area contributed by atoms with E-state index >= 15 is 0 Å². The van der Waals surface area contributed by atoms with Gasteiger partial charge in [0.2, 0.25) is 0 Å². The van der Waals surface area contributed by atoms with Crippen LogP contribution in [-0.2, 0) is 22.8 Å². The lowest BCUT2D eigenvalue weighted by Gasteiger charge is -2.18. The van der Waals surface area contributed by atoms with Crippen molar-refractivity contribution in [2.75, 3.05) is 40.6 Å². The molecule has 0 aromatic heterocycles. The highest BCUT2D eigenvalue weighted by molar-refractivity contribution is 6.51. The molecule has 0 bridgehead atoms. The summed E-state index contributed by atoms with van der Waals surface area (Å²) in [5.41, 5.74) is 0. The molecule has 7 heteroatoms. The van der Waals surface area contributed by atoms with Gasteiger partial charge in [0.05, 0.1) is 13.2 Å². The van der Waals surface area contributed by atoms with E-state index < -0.39 is 9.05 Å². The van der Waals surface area contributed by atoms with Crippen LogP contribution < -0.4 is 0 Å². The molecule has 96 valence electrons. The van der Waals surface area contributed by atoms with Gasteiger partial charge in [-0.3, -0.25) is 0 Å². The molecule has 1 aliphatic rings. The molecule has 1 rings (SSSR count). The van der Waals surface area contributed by atoms with Crippen LogP contribution in [0.15, 0.2) is 0 Å². The molecule has 1 unspecified atom stereocenters. The highest BCUT2D eigenvalue weighted by atomic mass is 28.4. The zero-order valence-corrected chi connectivity index (χ0v) is 10.8. The van der Waals surface area contributed by atoms with E-state index in [1.165, 1.54) is 14.2 Å². The summed E-state index contributed by atoms with van der Waals surface area (Å²) < 4.78 is 25.0. The summed E-state index contributed by atoms with van der Waals surface area (Å²) in [5, 5.41) is 0. The molecule has 0 radical (unpaired) electrons. The Bertz CT molecular complexity index is 183. The first-order valence-corrected chi connectivity index (χ1v) is 7.03. The molecule has 0 spiro atoms. The van der Waals surface area contributed by atoms with E-state index in [1.807, 2.05) is 0 Å². The van der Waals surface area contributed by atoms with Crippen LogP contribution in [0, 0.1) is 0 Å². The Labute approximate surface area is 96.9 Å². The number of unbranched alkanes of at least 4 members (excludes halogenated alkanes) is 1. The second-order valence-corrected chi connectivity index (χ2v) is 5.67. The van der Waals surface area contributed by atoms with Crippen LogP contribution in [0.1, 0.15) is 12.8 Å². The van der Waals surface area contributed by atoms with Crippen molar-refractivity contribution in [1.29, 1.82) is 0 Å². The quantitative estimate of drug-likeness (QED) is 0.333. The Balaban J connectivity index is 1.86. The molecule has 1 aliphatic heterocycles. The molecular weight excluding hydrogens is 232 g/mol. The second kappa shape index (κ2) is 7.33. The predicted octanol–water partition coefficient (Wildman–Crippen LogP) is -0.0807. The lowest BCUT2D eigenvalue weighted by atomic mass is 10.3. The summed E-state index contributed by atoms with van der Waals surface area (Å²) in [6, 6.07) is 0. The first-order valence-electron chi connectivity index (χ1n) is 5.36. The zero-order valence-electron chi connectivity index (χ0n) is 9.81. The molecular formula is C9H20O6Si. The average Bonchev–Trinajstić information content (AvgIpc) is 3.11. The fourth-order valence-electron chi connectivity index (χ4n) is 1.09. The van der Waals surface area contributed by atoms with Crippen molar-refractivity contribution in [1.82, 2.24) is 0 Å². The van der Waals surface area contributed by atoms with Crippen LogP contribution in [0.4, 0.5) is 0 Å². The fourth-order valence-corrected chi connectivity index (χ4v) is 1.89. The van der Waals surface area contributed by atoms with Gasteiger partial charge >= 0.3 is 9.05 Å². The Morgan fingerprint density at radius 2 is 1.88 bits per heavy atom. The highest BCUT2D eigenvalue weighted by Crippen LogP contribution is 2.09. The highest BCUT2D eigenvalue weighted by Gasteiger charge is 2.38. The van der Waals surface area contributed by atoms with E-state index in [2.05, 4.69) is 0 Å². The molecule has 0 aromatic carbocycles. The molecule has 6 nitrogen and oxygen atoms in total. The average molecular weight is 252 g/mol. The molecule has 0 saturated carbocycles. The number of epoxide rings is 1. The lowest BCUT2D eigenvalue weighted by Crippen LogP contribution is -2.44. The minimum Gasteiger partial charge on any atom is -0.379 e. The van der Waals surface area contributed by atoms with Crippen molar-refractivity contribution in [3.05, 3.63) is 0 Å². The van der Waals surface area contributed by atoms with Crippen molar-refractivity contribution in [3.8, 4) is 0 Å². The van der Waals surface area contributed by atoms with E-state index in [1.54, 1.807) is 0 Å². The number of hydrogen-bond acceptors (Lipinski definition) is 6. The summed E-state index contributed by atoms with van der Waals surface area (Å²) in [6.45, 7) is 2.59. The van der Waals surface area contributed by atoms with Gasteiger partial charge in [-0.2, -0.15) is 0 Å². The second-order valence-electron chi connectivity index (χ2n) is 3.52. The largest absolute Gasteiger partial charge is 0.676 e. The monoisotopic (exact) mass is 252 g/mol. The van der Waals surface area contributed by atoms with Crippen LogP contribution in [0.5, 0.6) is 0 Å². The number of rotatable bonds is 10. The summed E-state index contributed by atoms with van der Waals surface area (Å²) >= 11 is 0. The molecule has 0 amide bonds. The van der Waals surface area contributed by atoms with Gasteiger partial charge in [0.15, 0.2) is 0 Å². The topological polar surface area (TPSA) is 69.7 Å². The summed E-state index contributed by atoms with van der Waals surface area (Å²) in [7, 11) is -0.596. The van der Waals surface area contributed by atoms with Gasteiger partial charge in [-0.05, 0) is 12.8 Å². The molecule has 1 N–H and O–H groups in total. The van der Waals surface area contributed by atoms with E-state index in [-0.39, 0.29) is 0 Å². The van der Waals surface area contributed by atoms with E-state index in [0.29, 0.717) is 25.9 Å². The van der Waals surface area contributed by atoms with Crippen LogP contribution in [0.25, 0.3) is 0 Å². The maximum absolute atomic E-state index is 9.54. The van der Waals surface area contributed by atoms with Gasteiger partial charge in [0.1, 0.15) is 6.10 Å². The molecule has 0 aromatic rings. The SMILES string of the molecule is CO[Si](O)(OC)OCCCCOCC1CO1. The normalized spacial score (nSPS) is 20.1. The van der Waals surface area contributed by atoms with Crippen molar-refractivity contribution in [2.45, 2.75) is 18.9 Å².